The third-order valence-corrected chi connectivity index (χ3v) is 6.47. The van der Waals surface area contributed by atoms with Crippen LogP contribution in [0.3, 0.4) is 0 Å². The summed E-state index contributed by atoms with van der Waals surface area (Å²) in [7, 11) is 0. The van der Waals surface area contributed by atoms with Crippen molar-refractivity contribution >= 4 is 33.4 Å². The molecule has 2 amide bonds. The molecule has 0 unspecified atom stereocenters. The molecule has 7 heteroatoms. The fourth-order valence-electron chi connectivity index (χ4n) is 3.87. The van der Waals surface area contributed by atoms with E-state index in [0.717, 1.165) is 27.8 Å². The van der Waals surface area contributed by atoms with Crippen LogP contribution < -0.4 is 5.32 Å². The standard InChI is InChI=1S/C24H27N3O3S/c1-16(2)26-23(29)22-21(18-9-6-12-25-24(18)31-22)19-15-27(13-14-30-19)20(28)11-10-17-7-4-3-5-8-17/h3-9,12,16,19H,10-11,13-15H2,1-2H3,(H,26,29)/t19-/m0/s1. The molecule has 2 aromatic heterocycles. The molecule has 0 aliphatic carbocycles. The number of hydrogen-bond donors (Lipinski definition) is 1. The second kappa shape index (κ2) is 9.58. The Bertz CT molecular complexity index is 1060. The van der Waals surface area contributed by atoms with E-state index in [1.807, 2.05) is 61.2 Å². The lowest BCUT2D eigenvalue weighted by atomic mass is 10.0. The number of aryl methyl sites for hydroxylation is 1. The molecular weight excluding hydrogens is 410 g/mol. The minimum absolute atomic E-state index is 0.0295. The minimum atomic E-state index is -0.347. The first kappa shape index (κ1) is 21.5. The van der Waals surface area contributed by atoms with E-state index < -0.39 is 0 Å². The number of hydrogen-bond acceptors (Lipinski definition) is 5. The second-order valence-electron chi connectivity index (χ2n) is 8.01. The summed E-state index contributed by atoms with van der Waals surface area (Å²) in [4.78, 5) is 33.5. The fraction of sp³-hybridized carbons (Fsp3) is 0.375. The minimum Gasteiger partial charge on any atom is -0.370 e. The molecule has 0 saturated carbocycles. The zero-order valence-electron chi connectivity index (χ0n) is 17.8. The van der Waals surface area contributed by atoms with Crippen molar-refractivity contribution in [3.63, 3.8) is 0 Å². The number of amides is 2. The molecule has 31 heavy (non-hydrogen) atoms. The Kier molecular flexibility index (Phi) is 6.63. The molecule has 6 nitrogen and oxygen atoms in total. The van der Waals surface area contributed by atoms with Gasteiger partial charge in [0.15, 0.2) is 0 Å². The number of fused-ring (bicyclic) bond motifs is 1. The van der Waals surface area contributed by atoms with Gasteiger partial charge in [0.25, 0.3) is 5.91 Å². The van der Waals surface area contributed by atoms with Crippen LogP contribution in [0.4, 0.5) is 0 Å². The van der Waals surface area contributed by atoms with Crippen molar-refractivity contribution in [1.82, 2.24) is 15.2 Å². The van der Waals surface area contributed by atoms with Gasteiger partial charge in [-0.2, -0.15) is 0 Å². The predicted molar refractivity (Wildman–Crippen MR) is 122 cm³/mol. The number of morpholine rings is 1. The van der Waals surface area contributed by atoms with Gasteiger partial charge >= 0.3 is 0 Å². The summed E-state index contributed by atoms with van der Waals surface area (Å²) in [5.74, 6) is -0.00729. The average molecular weight is 438 g/mol. The first-order valence-corrected chi connectivity index (χ1v) is 11.5. The van der Waals surface area contributed by atoms with Crippen LogP contribution in [-0.4, -0.2) is 47.4 Å². The largest absolute Gasteiger partial charge is 0.370 e. The Morgan fingerprint density at radius 3 is 2.81 bits per heavy atom. The van der Waals surface area contributed by atoms with E-state index >= 15 is 0 Å². The van der Waals surface area contributed by atoms with Gasteiger partial charge in [-0.15, -0.1) is 11.3 Å². The highest BCUT2D eigenvalue weighted by Crippen LogP contribution is 2.37. The lowest BCUT2D eigenvalue weighted by Gasteiger charge is -2.33. The second-order valence-corrected chi connectivity index (χ2v) is 9.01. The SMILES string of the molecule is CC(C)NC(=O)c1sc2ncccc2c1[C@@H]1CN(C(=O)CCc2ccccc2)CCO1. The number of aromatic nitrogens is 1. The number of ether oxygens (including phenoxy) is 1. The zero-order valence-corrected chi connectivity index (χ0v) is 18.7. The molecule has 3 aromatic rings. The number of nitrogens with one attached hydrogen (secondary N) is 1. The number of rotatable bonds is 6. The third kappa shape index (κ3) is 4.94. The molecule has 1 aromatic carbocycles. The number of benzene rings is 1. The summed E-state index contributed by atoms with van der Waals surface area (Å²) in [6.45, 7) is 5.33. The Hall–Kier alpha value is -2.77. The molecule has 1 N–H and O–H groups in total. The average Bonchev–Trinajstić information content (AvgIpc) is 3.18. The van der Waals surface area contributed by atoms with Gasteiger partial charge in [0.05, 0.1) is 13.2 Å². The number of nitrogens with zero attached hydrogens (tertiary/aromatic N) is 2. The summed E-state index contributed by atoms with van der Waals surface area (Å²) >= 11 is 1.38. The highest BCUT2D eigenvalue weighted by molar-refractivity contribution is 7.20. The van der Waals surface area contributed by atoms with E-state index in [-0.39, 0.29) is 24.0 Å². The first-order chi connectivity index (χ1) is 15.0. The molecule has 0 spiro atoms. The molecule has 1 saturated heterocycles. The molecule has 1 aliphatic heterocycles. The van der Waals surface area contributed by atoms with Crippen LogP contribution in [0.2, 0.25) is 0 Å². The molecule has 1 fully saturated rings. The van der Waals surface area contributed by atoms with Gasteiger partial charge in [0, 0.05) is 36.2 Å². The van der Waals surface area contributed by atoms with E-state index in [1.165, 1.54) is 11.3 Å². The smallest absolute Gasteiger partial charge is 0.262 e. The van der Waals surface area contributed by atoms with Gasteiger partial charge in [-0.25, -0.2) is 4.98 Å². The summed E-state index contributed by atoms with van der Waals surface area (Å²) in [5, 5.41) is 3.90. The van der Waals surface area contributed by atoms with Crippen LogP contribution in [-0.2, 0) is 16.0 Å². The fourth-order valence-corrected chi connectivity index (χ4v) is 4.97. The Labute approximate surface area is 186 Å². The van der Waals surface area contributed by atoms with Crippen LogP contribution >= 0.6 is 11.3 Å². The van der Waals surface area contributed by atoms with Gasteiger partial charge < -0.3 is 15.0 Å². The number of pyridine rings is 1. The summed E-state index contributed by atoms with van der Waals surface area (Å²) in [6.07, 6.45) is 2.56. The van der Waals surface area contributed by atoms with E-state index in [4.69, 9.17) is 4.74 Å². The van der Waals surface area contributed by atoms with Crippen molar-refractivity contribution in [3.8, 4) is 0 Å². The maximum atomic E-state index is 12.9. The van der Waals surface area contributed by atoms with Crippen LogP contribution in [0.5, 0.6) is 0 Å². The lowest BCUT2D eigenvalue weighted by molar-refractivity contribution is -0.138. The van der Waals surface area contributed by atoms with Crippen molar-refractivity contribution in [2.24, 2.45) is 0 Å². The lowest BCUT2D eigenvalue weighted by Crippen LogP contribution is -2.42. The van der Waals surface area contributed by atoms with E-state index in [9.17, 15) is 9.59 Å². The van der Waals surface area contributed by atoms with Crippen molar-refractivity contribution in [1.29, 1.82) is 0 Å². The van der Waals surface area contributed by atoms with Crippen molar-refractivity contribution in [2.45, 2.75) is 38.8 Å². The maximum Gasteiger partial charge on any atom is 0.262 e. The maximum absolute atomic E-state index is 12.9. The zero-order chi connectivity index (χ0) is 21.8. The molecule has 3 heterocycles. The van der Waals surface area contributed by atoms with Gasteiger partial charge in [0.1, 0.15) is 15.8 Å². The molecule has 0 bridgehead atoms. The summed E-state index contributed by atoms with van der Waals surface area (Å²) in [6, 6.07) is 13.9. The van der Waals surface area contributed by atoms with Crippen molar-refractivity contribution < 1.29 is 14.3 Å². The monoisotopic (exact) mass is 437 g/mol. The van der Waals surface area contributed by atoms with Gasteiger partial charge in [-0.05, 0) is 31.9 Å². The molecule has 1 atom stereocenters. The van der Waals surface area contributed by atoms with E-state index in [2.05, 4.69) is 10.3 Å². The van der Waals surface area contributed by atoms with Crippen molar-refractivity contribution in [3.05, 3.63) is 64.7 Å². The van der Waals surface area contributed by atoms with Crippen LogP contribution in [0, 0.1) is 0 Å². The normalized spacial score (nSPS) is 16.6. The van der Waals surface area contributed by atoms with E-state index in [0.29, 0.717) is 31.0 Å². The van der Waals surface area contributed by atoms with Crippen LogP contribution in [0.25, 0.3) is 10.2 Å². The van der Waals surface area contributed by atoms with Gasteiger partial charge in [-0.3, -0.25) is 9.59 Å². The molecular formula is C24H27N3O3S. The summed E-state index contributed by atoms with van der Waals surface area (Å²) in [5.41, 5.74) is 2.00. The predicted octanol–water partition coefficient (Wildman–Crippen LogP) is 3.97. The molecule has 162 valence electrons. The third-order valence-electron chi connectivity index (χ3n) is 5.34. The van der Waals surface area contributed by atoms with Gasteiger partial charge in [0.2, 0.25) is 5.91 Å². The number of carbonyl (C=O) groups is 2. The van der Waals surface area contributed by atoms with Gasteiger partial charge in [-0.1, -0.05) is 36.4 Å². The Morgan fingerprint density at radius 1 is 1.23 bits per heavy atom. The molecule has 0 radical (unpaired) electrons. The topological polar surface area (TPSA) is 71.5 Å². The van der Waals surface area contributed by atoms with E-state index in [1.54, 1.807) is 6.20 Å². The highest BCUT2D eigenvalue weighted by Gasteiger charge is 2.31. The van der Waals surface area contributed by atoms with Crippen LogP contribution in [0.15, 0.2) is 48.7 Å². The number of carbonyl (C=O) groups excluding carboxylic acids is 2. The highest BCUT2D eigenvalue weighted by atomic mass is 32.1. The Balaban J connectivity index is 1.55. The summed E-state index contributed by atoms with van der Waals surface area (Å²) < 4.78 is 6.07. The molecule has 4 rings (SSSR count). The number of thiophene rings is 1. The first-order valence-electron chi connectivity index (χ1n) is 10.6. The Morgan fingerprint density at radius 2 is 2.03 bits per heavy atom. The molecule has 1 aliphatic rings. The van der Waals surface area contributed by atoms with Crippen LogP contribution in [0.1, 0.15) is 47.2 Å². The van der Waals surface area contributed by atoms with Crippen molar-refractivity contribution in [2.75, 3.05) is 19.7 Å². The quantitative estimate of drug-likeness (QED) is 0.634.